The van der Waals surface area contributed by atoms with Crippen molar-refractivity contribution in [3.8, 4) is 5.69 Å². The number of benzene rings is 1. The Morgan fingerprint density at radius 1 is 1.18 bits per heavy atom. The molecule has 0 saturated carbocycles. The van der Waals surface area contributed by atoms with Crippen LogP contribution < -0.4 is 5.69 Å². The highest BCUT2D eigenvalue weighted by Gasteiger charge is 2.04. The minimum Gasteiger partial charge on any atom is -0.383 e. The third-order valence-corrected chi connectivity index (χ3v) is 2.70. The molecule has 0 spiro atoms. The lowest BCUT2D eigenvalue weighted by Gasteiger charge is -2.02. The molecule has 2 aromatic rings. The van der Waals surface area contributed by atoms with Crippen LogP contribution in [0.1, 0.15) is 5.56 Å². The predicted octanol–water partition coefficient (Wildman–Crippen LogP) is 1.59. The maximum atomic E-state index is 12.0. The number of ether oxygens (including phenoxy) is 1. The number of aryl methyl sites for hydroxylation is 1. The minimum absolute atomic E-state index is 0.0362. The lowest BCUT2D eigenvalue weighted by Crippen LogP contribution is -2.24. The maximum Gasteiger partial charge on any atom is 0.332 e. The summed E-state index contributed by atoms with van der Waals surface area (Å²) in [6.45, 7) is 3.14. The van der Waals surface area contributed by atoms with Gasteiger partial charge in [0.25, 0.3) is 0 Å². The zero-order valence-corrected chi connectivity index (χ0v) is 10.1. The van der Waals surface area contributed by atoms with Crippen LogP contribution in [0.2, 0.25) is 0 Å². The van der Waals surface area contributed by atoms with Gasteiger partial charge in [0.05, 0.1) is 18.8 Å². The average Bonchev–Trinajstić information content (AvgIpc) is 2.69. The van der Waals surface area contributed by atoms with E-state index in [1.165, 1.54) is 5.56 Å². The molecule has 0 bridgehead atoms. The summed E-state index contributed by atoms with van der Waals surface area (Å²) in [6, 6.07) is 7.87. The third kappa shape index (κ3) is 2.47. The van der Waals surface area contributed by atoms with Crippen LogP contribution in [0.15, 0.2) is 41.5 Å². The molecule has 0 N–H and O–H groups in total. The van der Waals surface area contributed by atoms with E-state index in [2.05, 4.69) is 0 Å². The lowest BCUT2D eigenvalue weighted by molar-refractivity contribution is 0.186. The summed E-state index contributed by atoms with van der Waals surface area (Å²) in [5.41, 5.74) is 2.03. The molecule has 0 fully saturated rings. The van der Waals surface area contributed by atoms with Crippen LogP contribution in [0.25, 0.3) is 5.69 Å². The van der Waals surface area contributed by atoms with Gasteiger partial charge in [-0.2, -0.15) is 0 Å². The van der Waals surface area contributed by atoms with Gasteiger partial charge in [-0.15, -0.1) is 0 Å². The average molecular weight is 232 g/mol. The van der Waals surface area contributed by atoms with E-state index < -0.39 is 0 Å². The van der Waals surface area contributed by atoms with Crippen molar-refractivity contribution in [2.75, 3.05) is 13.7 Å². The largest absolute Gasteiger partial charge is 0.383 e. The second-order valence-electron chi connectivity index (χ2n) is 3.97. The van der Waals surface area contributed by atoms with Crippen molar-refractivity contribution < 1.29 is 4.74 Å². The van der Waals surface area contributed by atoms with Crippen LogP contribution in [0, 0.1) is 6.92 Å². The lowest BCUT2D eigenvalue weighted by atomic mass is 10.2. The normalized spacial score (nSPS) is 10.7. The summed E-state index contributed by atoms with van der Waals surface area (Å²) in [7, 11) is 1.63. The Balaban J connectivity index is 2.31. The molecule has 0 atom stereocenters. The van der Waals surface area contributed by atoms with Crippen molar-refractivity contribution in [1.29, 1.82) is 0 Å². The van der Waals surface area contributed by atoms with Gasteiger partial charge >= 0.3 is 5.69 Å². The van der Waals surface area contributed by atoms with Gasteiger partial charge in [-0.25, -0.2) is 4.79 Å². The molecule has 90 valence electrons. The Morgan fingerprint density at radius 2 is 1.88 bits per heavy atom. The minimum atomic E-state index is -0.0362. The van der Waals surface area contributed by atoms with Gasteiger partial charge in [0.2, 0.25) is 0 Å². The van der Waals surface area contributed by atoms with Crippen LogP contribution >= 0.6 is 0 Å². The molecule has 1 aromatic heterocycles. The number of hydrogen-bond donors (Lipinski definition) is 0. The van der Waals surface area contributed by atoms with E-state index in [0.717, 1.165) is 5.69 Å². The van der Waals surface area contributed by atoms with Gasteiger partial charge < -0.3 is 4.74 Å². The predicted molar refractivity (Wildman–Crippen MR) is 66.6 cm³/mol. The Hall–Kier alpha value is -1.81. The van der Waals surface area contributed by atoms with E-state index in [9.17, 15) is 4.79 Å². The van der Waals surface area contributed by atoms with Crippen LogP contribution in [-0.4, -0.2) is 22.9 Å². The first kappa shape index (κ1) is 11.7. The molecule has 17 heavy (non-hydrogen) atoms. The second-order valence-corrected chi connectivity index (χ2v) is 3.97. The van der Waals surface area contributed by atoms with Gasteiger partial charge in [-0.05, 0) is 19.1 Å². The van der Waals surface area contributed by atoms with Crippen molar-refractivity contribution in [1.82, 2.24) is 9.13 Å². The fourth-order valence-electron chi connectivity index (χ4n) is 1.67. The third-order valence-electron chi connectivity index (χ3n) is 2.70. The molecule has 1 aromatic carbocycles. The highest BCUT2D eigenvalue weighted by atomic mass is 16.5. The van der Waals surface area contributed by atoms with Crippen LogP contribution in [0.3, 0.4) is 0 Å². The van der Waals surface area contributed by atoms with Gasteiger partial charge in [0.1, 0.15) is 0 Å². The standard InChI is InChI=1S/C13H16N2O2/c1-11-3-5-12(6-4-11)15-8-7-14(13(15)16)9-10-17-2/h3-8H,9-10H2,1-2H3. The van der Waals surface area contributed by atoms with E-state index in [1.807, 2.05) is 31.2 Å². The van der Waals surface area contributed by atoms with E-state index in [-0.39, 0.29) is 5.69 Å². The molecule has 2 rings (SSSR count). The Morgan fingerprint density at radius 3 is 2.53 bits per heavy atom. The van der Waals surface area contributed by atoms with Crippen molar-refractivity contribution in [2.45, 2.75) is 13.5 Å². The SMILES string of the molecule is COCCn1ccn(-c2ccc(C)cc2)c1=O. The molecule has 4 heteroatoms. The second kappa shape index (κ2) is 5.01. The number of nitrogens with zero attached hydrogens (tertiary/aromatic N) is 2. The van der Waals surface area contributed by atoms with Gasteiger partial charge in [-0.3, -0.25) is 9.13 Å². The first-order valence-corrected chi connectivity index (χ1v) is 5.56. The zero-order valence-electron chi connectivity index (χ0n) is 10.1. The molecule has 0 aliphatic heterocycles. The van der Waals surface area contributed by atoms with E-state index >= 15 is 0 Å². The van der Waals surface area contributed by atoms with Crippen molar-refractivity contribution in [3.05, 3.63) is 52.7 Å². The summed E-state index contributed by atoms with van der Waals surface area (Å²) in [5.74, 6) is 0. The van der Waals surface area contributed by atoms with Crippen LogP contribution in [-0.2, 0) is 11.3 Å². The summed E-state index contributed by atoms with van der Waals surface area (Å²) >= 11 is 0. The van der Waals surface area contributed by atoms with E-state index in [0.29, 0.717) is 13.2 Å². The van der Waals surface area contributed by atoms with Gasteiger partial charge in [0.15, 0.2) is 0 Å². The molecule has 0 unspecified atom stereocenters. The van der Waals surface area contributed by atoms with E-state index in [4.69, 9.17) is 4.74 Å². The number of imidazole rings is 1. The Kier molecular flexibility index (Phi) is 3.44. The highest BCUT2D eigenvalue weighted by molar-refractivity contribution is 5.34. The smallest absolute Gasteiger partial charge is 0.332 e. The molecule has 0 saturated heterocycles. The molecule has 0 aliphatic carbocycles. The quantitative estimate of drug-likeness (QED) is 0.802. The van der Waals surface area contributed by atoms with Crippen molar-refractivity contribution in [2.24, 2.45) is 0 Å². The molecule has 1 heterocycles. The van der Waals surface area contributed by atoms with Crippen LogP contribution in [0.5, 0.6) is 0 Å². The highest BCUT2D eigenvalue weighted by Crippen LogP contribution is 2.06. The van der Waals surface area contributed by atoms with E-state index in [1.54, 1.807) is 28.6 Å². The Bertz CT molecular complexity index is 537. The number of hydrogen-bond acceptors (Lipinski definition) is 2. The first-order valence-electron chi connectivity index (χ1n) is 5.56. The molecule has 0 aliphatic rings. The summed E-state index contributed by atoms with van der Waals surface area (Å²) < 4.78 is 8.24. The van der Waals surface area contributed by atoms with Crippen molar-refractivity contribution >= 4 is 0 Å². The summed E-state index contributed by atoms with van der Waals surface area (Å²) in [6.07, 6.45) is 3.56. The molecular formula is C13H16N2O2. The topological polar surface area (TPSA) is 36.2 Å². The first-order chi connectivity index (χ1) is 8.22. The fourth-order valence-corrected chi connectivity index (χ4v) is 1.67. The van der Waals surface area contributed by atoms with Crippen LogP contribution in [0.4, 0.5) is 0 Å². The number of methoxy groups -OCH3 is 1. The maximum absolute atomic E-state index is 12.0. The molecular weight excluding hydrogens is 216 g/mol. The Labute approximate surface area is 100 Å². The molecule has 0 radical (unpaired) electrons. The van der Waals surface area contributed by atoms with Gasteiger partial charge in [-0.1, -0.05) is 17.7 Å². The number of aromatic nitrogens is 2. The van der Waals surface area contributed by atoms with Gasteiger partial charge in [0, 0.05) is 19.5 Å². The molecule has 0 amide bonds. The monoisotopic (exact) mass is 232 g/mol. The summed E-state index contributed by atoms with van der Waals surface area (Å²) in [4.78, 5) is 12.0. The summed E-state index contributed by atoms with van der Waals surface area (Å²) in [5, 5.41) is 0. The van der Waals surface area contributed by atoms with Crippen molar-refractivity contribution in [3.63, 3.8) is 0 Å². The zero-order chi connectivity index (χ0) is 12.3. The fraction of sp³-hybridized carbons (Fsp3) is 0.308. The number of rotatable bonds is 4. The molecule has 4 nitrogen and oxygen atoms in total.